The zero-order chi connectivity index (χ0) is 33.5. The lowest BCUT2D eigenvalue weighted by Gasteiger charge is -2.63. The molecule has 3 saturated carbocycles. The van der Waals surface area contributed by atoms with Crippen LogP contribution in [0.3, 0.4) is 0 Å². The number of hydrogen-bond acceptors (Lipinski definition) is 6. The summed E-state index contributed by atoms with van der Waals surface area (Å²) in [5, 5.41) is 21.9. The molecule has 8 heteroatoms. The minimum atomic E-state index is -2.28. The van der Waals surface area contributed by atoms with E-state index in [1.807, 2.05) is 24.3 Å². The van der Waals surface area contributed by atoms with Gasteiger partial charge in [0.25, 0.3) is 0 Å². The van der Waals surface area contributed by atoms with Crippen LogP contribution in [-0.2, 0) is 31.9 Å². The van der Waals surface area contributed by atoms with Gasteiger partial charge in [-0.3, -0.25) is 9.59 Å². The van der Waals surface area contributed by atoms with Crippen LogP contribution >= 0.6 is 0 Å². The van der Waals surface area contributed by atoms with E-state index in [-0.39, 0.29) is 24.8 Å². The third-order valence-electron chi connectivity index (χ3n) is 12.2. The maximum absolute atomic E-state index is 17.6. The molecule has 0 aromatic heterocycles. The standard InChI is InChI=1S/C39H44F2O6/c1-22(2)14-24-6-5-7-25(16-24)15-23-8-10-26(11-9-23)35-46-34-19-28-29-18-31(40)30-17-27(43)12-13-36(30,3)38(29,41)32(44)20-37(28,4)39(34,47-35)33(45)21-42/h5-13,16-17,22,28-29,31-32,34-35,42,44H,14-15,18-21H2,1-4H3/t28-,29-,31-,32-,34+,35+,36-,37-,38-,39+/m0/s1. The summed E-state index contributed by atoms with van der Waals surface area (Å²) in [4.78, 5) is 25.9. The number of ether oxygens (including phenoxy) is 2. The number of rotatable bonds is 7. The maximum Gasteiger partial charge on any atom is 0.193 e. The quantitative estimate of drug-likeness (QED) is 0.377. The average molecular weight is 647 g/mol. The van der Waals surface area contributed by atoms with Crippen molar-refractivity contribution in [2.24, 2.45) is 28.6 Å². The molecule has 0 amide bonds. The molecular formula is C39H44F2O6. The molecule has 1 heterocycles. The van der Waals surface area contributed by atoms with Crippen molar-refractivity contribution in [1.82, 2.24) is 0 Å². The number of carbonyl (C=O) groups excluding carboxylic acids is 2. The Balaban J connectivity index is 1.17. The number of Topliss-reactive ketones (excluding diaryl/α,β-unsaturated/α-hetero) is 1. The first kappa shape index (κ1) is 32.5. The molecule has 250 valence electrons. The van der Waals surface area contributed by atoms with Crippen LogP contribution in [0.5, 0.6) is 0 Å². The fraction of sp³-hybridized carbons (Fsp3) is 0.538. The number of benzene rings is 2. The molecule has 2 N–H and O–H groups in total. The highest BCUT2D eigenvalue weighted by Crippen LogP contribution is 2.72. The summed E-state index contributed by atoms with van der Waals surface area (Å²) in [5.41, 5.74) is -2.24. The monoisotopic (exact) mass is 646 g/mol. The molecule has 7 rings (SSSR count). The lowest BCUT2D eigenvalue weighted by atomic mass is 9.44. The van der Waals surface area contributed by atoms with E-state index in [0.717, 1.165) is 24.5 Å². The highest BCUT2D eigenvalue weighted by Gasteiger charge is 2.80. The fourth-order valence-corrected chi connectivity index (χ4v) is 10.1. The summed E-state index contributed by atoms with van der Waals surface area (Å²) in [6.07, 6.45) is 0.477. The number of allylic oxidation sites excluding steroid dienone is 4. The van der Waals surface area contributed by atoms with Gasteiger partial charge < -0.3 is 19.7 Å². The number of aliphatic hydroxyl groups is 2. The molecule has 4 fully saturated rings. The van der Waals surface area contributed by atoms with Crippen LogP contribution < -0.4 is 0 Å². The van der Waals surface area contributed by atoms with E-state index in [1.165, 1.54) is 23.3 Å². The summed E-state index contributed by atoms with van der Waals surface area (Å²) in [5.74, 6) is -1.99. The van der Waals surface area contributed by atoms with E-state index in [9.17, 15) is 19.8 Å². The molecule has 1 saturated heterocycles. The van der Waals surface area contributed by atoms with E-state index in [0.29, 0.717) is 11.5 Å². The first-order valence-corrected chi connectivity index (χ1v) is 16.9. The lowest BCUT2D eigenvalue weighted by Crippen LogP contribution is -2.70. The maximum atomic E-state index is 17.6. The van der Waals surface area contributed by atoms with E-state index in [4.69, 9.17) is 9.47 Å². The van der Waals surface area contributed by atoms with Crippen LogP contribution in [0.4, 0.5) is 8.78 Å². The third kappa shape index (κ3) is 4.62. The van der Waals surface area contributed by atoms with Gasteiger partial charge in [0.15, 0.2) is 29.1 Å². The number of halogens is 2. The number of fused-ring (bicyclic) bond motifs is 7. The van der Waals surface area contributed by atoms with E-state index in [1.54, 1.807) is 13.8 Å². The Morgan fingerprint density at radius 3 is 2.47 bits per heavy atom. The Kier molecular flexibility index (Phi) is 7.79. The normalized spacial score (nSPS) is 40.4. The molecule has 2 aromatic rings. The summed E-state index contributed by atoms with van der Waals surface area (Å²) in [7, 11) is 0. The highest BCUT2D eigenvalue weighted by atomic mass is 19.1. The van der Waals surface area contributed by atoms with Crippen LogP contribution in [0, 0.1) is 28.6 Å². The molecule has 47 heavy (non-hydrogen) atoms. The van der Waals surface area contributed by atoms with Gasteiger partial charge in [0.1, 0.15) is 12.8 Å². The van der Waals surface area contributed by atoms with Crippen molar-refractivity contribution in [3.8, 4) is 0 Å². The Hall–Kier alpha value is -3.04. The topological polar surface area (TPSA) is 93.1 Å². The van der Waals surface area contributed by atoms with E-state index < -0.39 is 76.8 Å². The summed E-state index contributed by atoms with van der Waals surface area (Å²) < 4.78 is 46.5. The van der Waals surface area contributed by atoms with Crippen molar-refractivity contribution in [3.63, 3.8) is 0 Å². The predicted molar refractivity (Wildman–Crippen MR) is 172 cm³/mol. The van der Waals surface area contributed by atoms with Gasteiger partial charge in [0.05, 0.1) is 12.2 Å². The number of aliphatic hydroxyl groups excluding tert-OH is 2. The van der Waals surface area contributed by atoms with Crippen molar-refractivity contribution >= 4 is 11.6 Å². The Bertz CT molecular complexity index is 1650. The molecule has 10 atom stereocenters. The average Bonchev–Trinajstić information content (AvgIpc) is 3.53. The van der Waals surface area contributed by atoms with Gasteiger partial charge in [-0.2, -0.15) is 0 Å². The fourth-order valence-electron chi connectivity index (χ4n) is 10.1. The van der Waals surface area contributed by atoms with Gasteiger partial charge in [-0.15, -0.1) is 0 Å². The number of ketones is 2. The Labute approximate surface area is 274 Å². The number of hydrogen-bond donors (Lipinski definition) is 2. The molecule has 0 radical (unpaired) electrons. The Morgan fingerprint density at radius 2 is 1.77 bits per heavy atom. The van der Waals surface area contributed by atoms with Crippen molar-refractivity contribution in [2.45, 2.75) is 95.7 Å². The van der Waals surface area contributed by atoms with Gasteiger partial charge in [-0.1, -0.05) is 75.4 Å². The molecular weight excluding hydrogens is 602 g/mol. The predicted octanol–water partition coefficient (Wildman–Crippen LogP) is 6.12. The van der Waals surface area contributed by atoms with E-state index >= 15 is 8.78 Å². The number of carbonyl (C=O) groups is 2. The second kappa shape index (κ2) is 11.3. The molecule has 2 aromatic carbocycles. The molecule has 0 spiro atoms. The van der Waals surface area contributed by atoms with Crippen molar-refractivity contribution in [3.05, 3.63) is 94.6 Å². The first-order valence-electron chi connectivity index (χ1n) is 16.9. The molecule has 4 aliphatic carbocycles. The minimum absolute atomic E-state index is 0.0463. The minimum Gasteiger partial charge on any atom is -0.390 e. The van der Waals surface area contributed by atoms with Gasteiger partial charge in [-0.25, -0.2) is 8.78 Å². The third-order valence-corrected chi connectivity index (χ3v) is 12.2. The van der Waals surface area contributed by atoms with Crippen molar-refractivity contribution in [1.29, 1.82) is 0 Å². The zero-order valence-corrected chi connectivity index (χ0v) is 27.4. The van der Waals surface area contributed by atoms with Gasteiger partial charge in [0, 0.05) is 22.3 Å². The molecule has 1 aliphatic heterocycles. The molecule has 0 unspecified atom stereocenters. The van der Waals surface area contributed by atoms with Crippen molar-refractivity contribution in [2.75, 3.05) is 6.61 Å². The highest BCUT2D eigenvalue weighted by molar-refractivity contribution is 6.01. The molecule has 0 bridgehead atoms. The second-order valence-corrected chi connectivity index (χ2v) is 15.3. The van der Waals surface area contributed by atoms with Crippen LogP contribution in [0.1, 0.15) is 75.5 Å². The largest absolute Gasteiger partial charge is 0.390 e. The van der Waals surface area contributed by atoms with Crippen LogP contribution in [-0.4, -0.2) is 58.0 Å². The van der Waals surface area contributed by atoms with Crippen LogP contribution in [0.2, 0.25) is 0 Å². The van der Waals surface area contributed by atoms with Gasteiger partial charge in [0.2, 0.25) is 0 Å². The SMILES string of the molecule is CC(C)Cc1cccc(Cc2ccc([C@@H]3O[C@@H]4C[C@H]5[C@@H]6C[C@H](F)C7=CC(=O)C=C[C@]7(C)[C@@]6(F)[C@@H](O)C[C@]5(C)[C@]4(C(=O)CO)O3)cc2)c1. The molecule has 6 nitrogen and oxygen atoms in total. The lowest BCUT2D eigenvalue weighted by molar-refractivity contribution is -0.235. The van der Waals surface area contributed by atoms with Gasteiger partial charge >= 0.3 is 0 Å². The number of alkyl halides is 2. The summed E-state index contributed by atoms with van der Waals surface area (Å²) in [6, 6.07) is 16.4. The van der Waals surface area contributed by atoms with E-state index in [2.05, 4.69) is 38.1 Å². The summed E-state index contributed by atoms with van der Waals surface area (Å²) >= 11 is 0. The zero-order valence-electron chi connectivity index (χ0n) is 27.4. The second-order valence-electron chi connectivity index (χ2n) is 15.3. The molecule has 5 aliphatic rings. The Morgan fingerprint density at radius 1 is 1.04 bits per heavy atom. The smallest absolute Gasteiger partial charge is 0.193 e. The first-order chi connectivity index (χ1) is 22.3. The van der Waals surface area contributed by atoms with Gasteiger partial charge in [-0.05, 0) is 85.3 Å². The summed E-state index contributed by atoms with van der Waals surface area (Å²) in [6.45, 7) is 6.93. The van der Waals surface area contributed by atoms with Crippen LogP contribution in [0.15, 0.2) is 72.3 Å². The van der Waals surface area contributed by atoms with Crippen molar-refractivity contribution < 1.29 is 38.1 Å². The van der Waals surface area contributed by atoms with Crippen LogP contribution in [0.25, 0.3) is 0 Å².